The minimum atomic E-state index is 0.385. The Hall–Kier alpha value is -1.76. The van der Waals surface area contributed by atoms with Crippen LogP contribution in [-0.4, -0.2) is 5.11 Å². The van der Waals surface area contributed by atoms with Gasteiger partial charge in [-0.2, -0.15) is 0 Å². The van der Waals surface area contributed by atoms with Gasteiger partial charge >= 0.3 is 0 Å². The Bertz CT molecular complexity index is 531. The minimum Gasteiger partial charge on any atom is -0.507 e. The van der Waals surface area contributed by atoms with Crippen molar-refractivity contribution in [3.05, 3.63) is 54.1 Å². The van der Waals surface area contributed by atoms with E-state index in [1.807, 2.05) is 24.3 Å². The molecule has 0 spiro atoms. The predicted molar refractivity (Wildman–Crippen MR) is 86.1 cm³/mol. The van der Waals surface area contributed by atoms with Crippen molar-refractivity contribution >= 4 is 0 Å². The van der Waals surface area contributed by atoms with Crippen LogP contribution in [-0.2, 0) is 0 Å². The van der Waals surface area contributed by atoms with E-state index in [9.17, 15) is 5.11 Å². The first-order valence-electron chi connectivity index (χ1n) is 7.61. The van der Waals surface area contributed by atoms with E-state index >= 15 is 0 Å². The highest BCUT2D eigenvalue weighted by Gasteiger charge is 2.14. The molecule has 2 rings (SSSR count). The van der Waals surface area contributed by atoms with Crippen LogP contribution in [0.1, 0.15) is 51.0 Å². The summed E-state index contributed by atoms with van der Waals surface area (Å²) in [6.45, 7) is 4.49. The largest absolute Gasteiger partial charge is 0.507 e. The summed E-state index contributed by atoms with van der Waals surface area (Å²) in [6.07, 6.45) is 4.96. The number of unbranched alkanes of at least 4 members (excludes halogenated alkanes) is 2. The maximum absolute atomic E-state index is 10.3. The van der Waals surface area contributed by atoms with Crippen LogP contribution in [0, 0.1) is 0 Å². The lowest BCUT2D eigenvalue weighted by Crippen LogP contribution is -1.97. The van der Waals surface area contributed by atoms with Gasteiger partial charge in [0, 0.05) is 5.56 Å². The number of hydrogen-bond acceptors (Lipinski definition) is 1. The molecule has 20 heavy (non-hydrogen) atoms. The SMILES string of the molecule is CCCCCC(C)c1cccc(O)c1-c1ccccc1. The molecule has 1 atom stereocenters. The second-order valence-corrected chi connectivity index (χ2v) is 5.50. The third-order valence-corrected chi connectivity index (χ3v) is 3.91. The second kappa shape index (κ2) is 7.14. The van der Waals surface area contributed by atoms with E-state index in [0.717, 1.165) is 11.1 Å². The number of rotatable bonds is 6. The third-order valence-electron chi connectivity index (χ3n) is 3.91. The van der Waals surface area contributed by atoms with Crippen LogP contribution in [0.2, 0.25) is 0 Å². The van der Waals surface area contributed by atoms with Crippen LogP contribution in [0.25, 0.3) is 11.1 Å². The molecule has 0 saturated carbocycles. The highest BCUT2D eigenvalue weighted by atomic mass is 16.3. The first-order valence-corrected chi connectivity index (χ1v) is 7.61. The molecule has 0 radical (unpaired) electrons. The van der Waals surface area contributed by atoms with Crippen molar-refractivity contribution in [1.29, 1.82) is 0 Å². The molecule has 0 saturated heterocycles. The topological polar surface area (TPSA) is 20.2 Å². The normalized spacial score (nSPS) is 12.3. The second-order valence-electron chi connectivity index (χ2n) is 5.50. The summed E-state index contributed by atoms with van der Waals surface area (Å²) in [7, 11) is 0. The zero-order chi connectivity index (χ0) is 14.4. The van der Waals surface area contributed by atoms with Gasteiger partial charge in [0.15, 0.2) is 0 Å². The summed E-state index contributed by atoms with van der Waals surface area (Å²) in [4.78, 5) is 0. The van der Waals surface area contributed by atoms with Crippen LogP contribution >= 0.6 is 0 Å². The van der Waals surface area contributed by atoms with Crippen LogP contribution in [0.5, 0.6) is 5.75 Å². The molecule has 1 N–H and O–H groups in total. The lowest BCUT2D eigenvalue weighted by Gasteiger charge is -2.18. The average molecular weight is 268 g/mol. The van der Waals surface area contributed by atoms with E-state index in [1.54, 1.807) is 6.07 Å². The Morgan fingerprint density at radius 2 is 1.70 bits per heavy atom. The maximum atomic E-state index is 10.3. The van der Waals surface area contributed by atoms with Crippen molar-refractivity contribution in [3.63, 3.8) is 0 Å². The van der Waals surface area contributed by atoms with Gasteiger partial charge in [-0.1, -0.05) is 75.6 Å². The number of hydrogen-bond donors (Lipinski definition) is 1. The zero-order valence-corrected chi connectivity index (χ0v) is 12.5. The molecule has 1 nitrogen and oxygen atoms in total. The van der Waals surface area contributed by atoms with Gasteiger partial charge in [0.25, 0.3) is 0 Å². The highest BCUT2D eigenvalue weighted by molar-refractivity contribution is 5.74. The molecular weight excluding hydrogens is 244 g/mol. The summed E-state index contributed by atoms with van der Waals surface area (Å²) in [5.74, 6) is 0.861. The van der Waals surface area contributed by atoms with E-state index in [2.05, 4.69) is 32.0 Å². The van der Waals surface area contributed by atoms with Crippen LogP contribution in [0.4, 0.5) is 0 Å². The molecule has 2 aromatic carbocycles. The molecule has 0 amide bonds. The molecule has 0 aliphatic rings. The Balaban J connectivity index is 2.32. The molecule has 2 aromatic rings. The molecule has 0 aliphatic carbocycles. The monoisotopic (exact) mass is 268 g/mol. The summed E-state index contributed by atoms with van der Waals surface area (Å²) < 4.78 is 0. The van der Waals surface area contributed by atoms with E-state index in [0.29, 0.717) is 11.7 Å². The van der Waals surface area contributed by atoms with E-state index in [4.69, 9.17) is 0 Å². The molecule has 0 fully saturated rings. The van der Waals surface area contributed by atoms with Crippen molar-refractivity contribution in [2.24, 2.45) is 0 Å². The molecule has 0 heterocycles. The number of aromatic hydroxyl groups is 1. The van der Waals surface area contributed by atoms with Crippen molar-refractivity contribution < 1.29 is 5.11 Å². The maximum Gasteiger partial charge on any atom is 0.123 e. The summed E-state index contributed by atoms with van der Waals surface area (Å²) in [5, 5.41) is 10.3. The van der Waals surface area contributed by atoms with Gasteiger partial charge in [0.1, 0.15) is 5.75 Å². The fraction of sp³-hybridized carbons (Fsp3) is 0.368. The van der Waals surface area contributed by atoms with Gasteiger partial charge in [-0.05, 0) is 29.5 Å². The minimum absolute atomic E-state index is 0.385. The average Bonchev–Trinajstić information content (AvgIpc) is 2.48. The molecule has 106 valence electrons. The van der Waals surface area contributed by atoms with E-state index < -0.39 is 0 Å². The quantitative estimate of drug-likeness (QED) is 0.662. The lowest BCUT2D eigenvalue weighted by atomic mass is 9.88. The van der Waals surface area contributed by atoms with Crippen LogP contribution < -0.4 is 0 Å². The Labute approximate surface area is 122 Å². The number of benzene rings is 2. The Kier molecular flexibility index (Phi) is 5.23. The molecule has 0 bridgehead atoms. The standard InChI is InChI=1S/C19H24O/c1-3-4-6-10-15(2)17-13-9-14-18(20)19(17)16-11-7-5-8-12-16/h5,7-9,11-15,20H,3-4,6,10H2,1-2H3. The first-order chi connectivity index (χ1) is 9.74. The fourth-order valence-corrected chi connectivity index (χ4v) is 2.74. The smallest absolute Gasteiger partial charge is 0.123 e. The number of phenolic OH excluding ortho intramolecular Hbond substituents is 1. The van der Waals surface area contributed by atoms with Crippen molar-refractivity contribution in [2.75, 3.05) is 0 Å². The van der Waals surface area contributed by atoms with Crippen molar-refractivity contribution in [3.8, 4) is 16.9 Å². The zero-order valence-electron chi connectivity index (χ0n) is 12.5. The van der Waals surface area contributed by atoms with Crippen LogP contribution in [0.15, 0.2) is 48.5 Å². The van der Waals surface area contributed by atoms with Gasteiger partial charge in [0.05, 0.1) is 0 Å². The van der Waals surface area contributed by atoms with Gasteiger partial charge in [-0.3, -0.25) is 0 Å². The highest BCUT2D eigenvalue weighted by Crippen LogP contribution is 2.37. The van der Waals surface area contributed by atoms with E-state index in [1.165, 1.54) is 31.2 Å². The van der Waals surface area contributed by atoms with E-state index in [-0.39, 0.29) is 0 Å². The summed E-state index contributed by atoms with van der Waals surface area (Å²) >= 11 is 0. The van der Waals surface area contributed by atoms with Gasteiger partial charge in [0.2, 0.25) is 0 Å². The van der Waals surface area contributed by atoms with Gasteiger partial charge in [-0.25, -0.2) is 0 Å². The molecule has 1 unspecified atom stereocenters. The molecular formula is C19H24O. The summed E-state index contributed by atoms with van der Waals surface area (Å²) in [5.41, 5.74) is 3.35. The molecule has 0 aromatic heterocycles. The van der Waals surface area contributed by atoms with Crippen molar-refractivity contribution in [2.45, 2.75) is 45.4 Å². The first kappa shape index (κ1) is 14.6. The lowest BCUT2D eigenvalue weighted by molar-refractivity contribution is 0.475. The molecule has 0 aliphatic heterocycles. The van der Waals surface area contributed by atoms with Gasteiger partial charge in [-0.15, -0.1) is 0 Å². The molecule has 1 heteroatoms. The fourth-order valence-electron chi connectivity index (χ4n) is 2.74. The number of phenols is 1. The Morgan fingerprint density at radius 3 is 2.40 bits per heavy atom. The van der Waals surface area contributed by atoms with Gasteiger partial charge < -0.3 is 5.11 Å². The Morgan fingerprint density at radius 1 is 0.950 bits per heavy atom. The van der Waals surface area contributed by atoms with Crippen molar-refractivity contribution in [1.82, 2.24) is 0 Å². The summed E-state index contributed by atoms with van der Waals surface area (Å²) in [6, 6.07) is 16.1. The third kappa shape index (κ3) is 3.41. The predicted octanol–water partition coefficient (Wildman–Crippen LogP) is 5.74. The van der Waals surface area contributed by atoms with Crippen LogP contribution in [0.3, 0.4) is 0 Å².